The van der Waals surface area contributed by atoms with E-state index in [1.165, 1.54) is 19.0 Å². The van der Waals surface area contributed by atoms with Gasteiger partial charge in [-0.05, 0) is 72.7 Å². The summed E-state index contributed by atoms with van der Waals surface area (Å²) < 4.78 is 36.8. The normalized spacial score (nSPS) is 20.1. The molecule has 9 heteroatoms. The van der Waals surface area contributed by atoms with Gasteiger partial charge in [-0.15, -0.1) is 0 Å². The van der Waals surface area contributed by atoms with Crippen molar-refractivity contribution in [3.05, 3.63) is 70.8 Å². The van der Waals surface area contributed by atoms with Crippen LogP contribution < -0.4 is 9.46 Å². The highest BCUT2D eigenvalue weighted by atomic mass is 32.2. The standard InChI is InChI=1S/C32H35N3O5S/c1-34-16-8-4-7-11-29(36)24-17-23-18-25(40-2)13-15-26(23)31-30(21-9-5-3-6-10-21)27-14-12-22(19-28(27)35(31)20-24)32(37)33-41(34,38)39/h4,8,12-15,17-19,21H,3,5-7,9-11,16,20H2,1-2H3,(H,33,37). The number of amides is 1. The number of nitrogens with zero attached hydrogens (tertiary/aromatic N) is 2. The topological polar surface area (TPSA) is 97.7 Å². The van der Waals surface area contributed by atoms with E-state index in [1.807, 2.05) is 30.4 Å². The lowest BCUT2D eigenvalue weighted by atomic mass is 9.81. The molecule has 0 saturated heterocycles. The smallest absolute Gasteiger partial charge is 0.304 e. The van der Waals surface area contributed by atoms with Gasteiger partial charge in [-0.2, -0.15) is 12.7 Å². The van der Waals surface area contributed by atoms with Crippen LogP contribution in [-0.2, 0) is 21.5 Å². The molecule has 6 rings (SSSR count). The van der Waals surface area contributed by atoms with Crippen LogP contribution in [0.5, 0.6) is 5.75 Å². The van der Waals surface area contributed by atoms with Gasteiger partial charge in [0.15, 0.2) is 5.78 Å². The number of fused-ring (bicyclic) bond motifs is 4. The number of hydrogen-bond acceptors (Lipinski definition) is 5. The van der Waals surface area contributed by atoms with Gasteiger partial charge in [-0.3, -0.25) is 9.59 Å². The Kier molecular flexibility index (Phi) is 7.34. The fourth-order valence-corrected chi connectivity index (χ4v) is 7.21. The van der Waals surface area contributed by atoms with E-state index in [4.69, 9.17) is 4.74 Å². The molecule has 3 aromatic rings. The number of allylic oxidation sites excluding steroid dienone is 2. The molecule has 1 fully saturated rings. The molecule has 1 amide bonds. The number of carbonyl (C=O) groups excluding carboxylic acids is 2. The highest BCUT2D eigenvalue weighted by molar-refractivity contribution is 7.87. The Bertz CT molecular complexity index is 1710. The zero-order valence-electron chi connectivity index (χ0n) is 23.5. The summed E-state index contributed by atoms with van der Waals surface area (Å²) in [5.74, 6) is 0.429. The Hall–Kier alpha value is -3.69. The van der Waals surface area contributed by atoms with Crippen molar-refractivity contribution in [3.8, 4) is 17.0 Å². The molecule has 0 spiro atoms. The summed E-state index contributed by atoms with van der Waals surface area (Å²) in [5.41, 5.74) is 6.05. The number of nitrogens with one attached hydrogen (secondary N) is 1. The van der Waals surface area contributed by atoms with Crippen LogP contribution in [0.15, 0.2) is 54.1 Å². The first-order chi connectivity index (χ1) is 19.8. The van der Waals surface area contributed by atoms with E-state index in [9.17, 15) is 18.0 Å². The fourth-order valence-electron chi connectivity index (χ4n) is 6.42. The van der Waals surface area contributed by atoms with Gasteiger partial charge in [0.2, 0.25) is 0 Å². The van der Waals surface area contributed by atoms with E-state index >= 15 is 0 Å². The molecule has 0 atom stereocenters. The second-order valence-electron chi connectivity index (χ2n) is 11.2. The van der Waals surface area contributed by atoms with Crippen molar-refractivity contribution in [1.29, 1.82) is 0 Å². The molecule has 41 heavy (non-hydrogen) atoms. The largest absolute Gasteiger partial charge is 0.497 e. The van der Waals surface area contributed by atoms with Crippen molar-refractivity contribution in [1.82, 2.24) is 13.6 Å². The van der Waals surface area contributed by atoms with Crippen molar-refractivity contribution in [2.24, 2.45) is 0 Å². The van der Waals surface area contributed by atoms with Crippen molar-refractivity contribution in [3.63, 3.8) is 0 Å². The molecule has 1 aliphatic carbocycles. The Balaban J connectivity index is 1.63. The number of aromatic nitrogens is 1. The lowest BCUT2D eigenvalue weighted by molar-refractivity contribution is -0.115. The van der Waals surface area contributed by atoms with Crippen molar-refractivity contribution >= 4 is 38.9 Å². The van der Waals surface area contributed by atoms with Crippen LogP contribution >= 0.6 is 0 Å². The first kappa shape index (κ1) is 27.5. The SMILES string of the molecule is COc1ccc2c(c1)C=C1Cn3c-2c(C2CCCCC2)c2ccc(cc23)C(=O)NS(=O)(=O)N(C)CC=CCCC1=O. The summed E-state index contributed by atoms with van der Waals surface area (Å²) in [4.78, 5) is 26.9. The minimum Gasteiger partial charge on any atom is -0.497 e. The van der Waals surface area contributed by atoms with Gasteiger partial charge >= 0.3 is 10.2 Å². The number of ketones is 1. The summed E-state index contributed by atoms with van der Waals surface area (Å²) in [7, 11) is -0.985. The molecule has 1 aromatic heterocycles. The molecule has 1 saturated carbocycles. The Morgan fingerprint density at radius 2 is 1.80 bits per heavy atom. The highest BCUT2D eigenvalue weighted by Crippen LogP contribution is 2.47. The number of methoxy groups -OCH3 is 1. The van der Waals surface area contributed by atoms with Crippen LogP contribution in [0, 0.1) is 0 Å². The molecule has 3 aliphatic rings. The molecule has 8 nitrogen and oxygen atoms in total. The number of carbonyl (C=O) groups is 2. The van der Waals surface area contributed by atoms with E-state index in [0.717, 1.165) is 63.5 Å². The summed E-state index contributed by atoms with van der Waals surface area (Å²) in [6, 6.07) is 11.4. The number of ether oxygens (including phenoxy) is 1. The maximum atomic E-state index is 13.6. The second-order valence-corrected chi connectivity index (χ2v) is 13.0. The van der Waals surface area contributed by atoms with E-state index in [-0.39, 0.29) is 17.9 Å². The lowest BCUT2D eigenvalue weighted by Gasteiger charge is -2.24. The molecule has 2 aromatic carbocycles. The Morgan fingerprint density at radius 1 is 1.00 bits per heavy atom. The van der Waals surface area contributed by atoms with E-state index in [1.54, 1.807) is 25.3 Å². The molecular weight excluding hydrogens is 538 g/mol. The van der Waals surface area contributed by atoms with Crippen LogP contribution in [0.3, 0.4) is 0 Å². The van der Waals surface area contributed by atoms with Gasteiger partial charge in [-0.25, -0.2) is 4.72 Å². The van der Waals surface area contributed by atoms with Crippen LogP contribution in [0.1, 0.15) is 72.3 Å². The Morgan fingerprint density at radius 3 is 2.59 bits per heavy atom. The first-order valence-corrected chi connectivity index (χ1v) is 15.7. The second kappa shape index (κ2) is 10.9. The lowest BCUT2D eigenvalue weighted by Crippen LogP contribution is -2.41. The average molecular weight is 574 g/mol. The molecule has 3 heterocycles. The van der Waals surface area contributed by atoms with E-state index < -0.39 is 16.1 Å². The maximum absolute atomic E-state index is 13.6. The van der Waals surface area contributed by atoms with Crippen molar-refractivity contribution in [2.45, 2.75) is 57.4 Å². The first-order valence-electron chi connectivity index (χ1n) is 14.3. The van der Waals surface area contributed by atoms with Crippen molar-refractivity contribution in [2.75, 3.05) is 20.7 Å². The minimum absolute atomic E-state index is 0.0410. The third-order valence-corrected chi connectivity index (χ3v) is 10.0. The molecule has 2 aliphatic heterocycles. The number of hydrogen-bond donors (Lipinski definition) is 1. The number of benzene rings is 2. The zero-order chi connectivity index (χ0) is 28.7. The zero-order valence-corrected chi connectivity index (χ0v) is 24.3. The van der Waals surface area contributed by atoms with Gasteiger partial charge < -0.3 is 9.30 Å². The van der Waals surface area contributed by atoms with Gasteiger partial charge in [0.25, 0.3) is 5.91 Å². The number of likely N-dealkylation sites (N-methyl/N-ethyl adjacent to an activating group) is 1. The monoisotopic (exact) mass is 573 g/mol. The quantitative estimate of drug-likeness (QED) is 0.403. The van der Waals surface area contributed by atoms with E-state index in [0.29, 0.717) is 30.9 Å². The van der Waals surface area contributed by atoms with Crippen LogP contribution in [0.25, 0.3) is 28.2 Å². The molecule has 214 valence electrons. The van der Waals surface area contributed by atoms with Gasteiger partial charge in [0.1, 0.15) is 5.75 Å². The van der Waals surface area contributed by atoms with Gasteiger partial charge in [-0.1, -0.05) is 37.5 Å². The average Bonchev–Trinajstić information content (AvgIpc) is 3.18. The van der Waals surface area contributed by atoms with Gasteiger partial charge in [0.05, 0.1) is 19.3 Å². The number of rotatable bonds is 2. The molecular formula is C32H35N3O5S. The molecule has 0 radical (unpaired) electrons. The third-order valence-electron chi connectivity index (χ3n) is 8.61. The predicted octanol–water partition coefficient (Wildman–Crippen LogP) is 5.59. The maximum Gasteiger partial charge on any atom is 0.304 e. The highest BCUT2D eigenvalue weighted by Gasteiger charge is 2.31. The molecule has 0 unspecified atom stereocenters. The van der Waals surface area contributed by atoms with Crippen LogP contribution in [0.2, 0.25) is 0 Å². The summed E-state index contributed by atoms with van der Waals surface area (Å²) in [6.45, 7) is 0.451. The molecule has 1 N–H and O–H groups in total. The van der Waals surface area contributed by atoms with E-state index in [2.05, 4.69) is 15.4 Å². The van der Waals surface area contributed by atoms with Crippen LogP contribution in [-0.4, -0.2) is 49.7 Å². The van der Waals surface area contributed by atoms with Crippen molar-refractivity contribution < 1.29 is 22.7 Å². The van der Waals surface area contributed by atoms with Crippen LogP contribution in [0.4, 0.5) is 0 Å². The predicted molar refractivity (Wildman–Crippen MR) is 160 cm³/mol. The number of Topliss-reactive ketones (excluding diaryl/α,β-unsaturated/α-hetero) is 1. The summed E-state index contributed by atoms with van der Waals surface area (Å²) >= 11 is 0. The molecule has 4 bridgehead atoms. The third kappa shape index (κ3) is 5.13. The summed E-state index contributed by atoms with van der Waals surface area (Å²) in [6.07, 6.45) is 12.0. The Labute approximate surface area is 240 Å². The van der Waals surface area contributed by atoms with Gasteiger partial charge in [0, 0.05) is 47.6 Å². The fraction of sp³-hybridized carbons (Fsp3) is 0.375. The summed E-state index contributed by atoms with van der Waals surface area (Å²) in [5, 5.41) is 1.04. The minimum atomic E-state index is -4.04.